The predicted octanol–water partition coefficient (Wildman–Crippen LogP) is 4.53. The fourth-order valence-electron chi connectivity index (χ4n) is 6.67. The van der Waals surface area contributed by atoms with Crippen LogP contribution in [0.25, 0.3) is 0 Å². The number of carbonyl (C=O) groups excluding carboxylic acids is 3. The van der Waals surface area contributed by atoms with Gasteiger partial charge in [0.15, 0.2) is 0 Å². The molecular weight excluding hydrogens is 521 g/mol. The van der Waals surface area contributed by atoms with Crippen molar-refractivity contribution in [2.24, 2.45) is 11.8 Å². The fourth-order valence-corrected chi connectivity index (χ4v) is 6.85. The summed E-state index contributed by atoms with van der Waals surface area (Å²) in [5.74, 6) is -3.33. The molecule has 2 aromatic rings. The van der Waals surface area contributed by atoms with E-state index in [2.05, 4.69) is 10.6 Å². The van der Waals surface area contributed by atoms with Gasteiger partial charge < -0.3 is 20.3 Å². The highest BCUT2D eigenvalue weighted by atomic mass is 35.5. The molecule has 9 heteroatoms. The first kappa shape index (κ1) is 26.0. The number of aryl methyl sites for hydroxylation is 1. The molecule has 0 radical (unpaired) electrons. The Morgan fingerprint density at radius 3 is 2.64 bits per heavy atom. The molecule has 5 atom stereocenters. The van der Waals surface area contributed by atoms with Crippen molar-refractivity contribution in [2.75, 3.05) is 5.32 Å². The number of anilines is 1. The summed E-state index contributed by atoms with van der Waals surface area (Å²) in [6, 6.07) is 10.4. The zero-order chi connectivity index (χ0) is 27.3. The number of hydrogen-bond acceptors (Lipinski definition) is 4. The third-order valence-corrected chi connectivity index (χ3v) is 9.02. The van der Waals surface area contributed by atoms with Crippen LogP contribution in [0.5, 0.6) is 0 Å². The van der Waals surface area contributed by atoms with E-state index in [-0.39, 0.29) is 24.4 Å². The third kappa shape index (κ3) is 4.43. The summed E-state index contributed by atoms with van der Waals surface area (Å²) in [5.41, 5.74) is 0.378. The Labute approximate surface area is 231 Å². The summed E-state index contributed by atoms with van der Waals surface area (Å²) in [5, 5.41) is 6.54. The van der Waals surface area contributed by atoms with Crippen LogP contribution in [-0.2, 0) is 25.7 Å². The Hall–Kier alpha value is -3.23. The second-order valence-electron chi connectivity index (χ2n) is 11.1. The molecule has 6 rings (SSSR count). The second kappa shape index (κ2) is 10.1. The van der Waals surface area contributed by atoms with Crippen molar-refractivity contribution in [1.29, 1.82) is 0 Å². The minimum atomic E-state index is -1.31. The number of likely N-dealkylation sites (tertiary alicyclic amines) is 1. The summed E-state index contributed by atoms with van der Waals surface area (Å²) in [6.45, 7) is 1.77. The van der Waals surface area contributed by atoms with Gasteiger partial charge in [0.25, 0.3) is 0 Å². The van der Waals surface area contributed by atoms with E-state index in [9.17, 15) is 18.8 Å². The van der Waals surface area contributed by atoms with Crippen molar-refractivity contribution in [2.45, 2.75) is 69.4 Å². The molecule has 3 aliphatic heterocycles. The van der Waals surface area contributed by atoms with Crippen LogP contribution in [0.3, 0.4) is 0 Å². The van der Waals surface area contributed by atoms with Crippen molar-refractivity contribution in [1.82, 2.24) is 10.2 Å². The van der Waals surface area contributed by atoms with Crippen molar-refractivity contribution < 1.29 is 23.5 Å². The number of nitrogens with one attached hydrogen (secondary N) is 2. The summed E-state index contributed by atoms with van der Waals surface area (Å²) >= 11 is 6.25. The van der Waals surface area contributed by atoms with Crippen LogP contribution in [-0.4, -0.2) is 46.4 Å². The highest BCUT2D eigenvalue weighted by Gasteiger charge is 2.72. The Morgan fingerprint density at radius 1 is 1.13 bits per heavy atom. The summed E-state index contributed by atoms with van der Waals surface area (Å²) in [6.07, 6.45) is 7.83. The minimum absolute atomic E-state index is 0.0140. The molecule has 39 heavy (non-hydrogen) atoms. The van der Waals surface area contributed by atoms with E-state index in [1.807, 2.05) is 6.92 Å². The molecule has 7 nitrogen and oxygen atoms in total. The van der Waals surface area contributed by atoms with Crippen LogP contribution < -0.4 is 10.6 Å². The van der Waals surface area contributed by atoms with Gasteiger partial charge in [-0.15, -0.1) is 0 Å². The standard InChI is InChI=1S/C30H31ClFN3O4/c1-17-11-12-20(15-21(17)31)34-27(36)24-23-13-14-30(39-23)25(24)29(38)35(16-18-7-5-6-10-22(18)32)26(30)28(37)33-19-8-3-2-4-9-19/h5-7,10-15,19,23-26H,2-4,8-9,16H2,1H3,(H,33,37)(H,34,36)/t23-,24?,25-,26?,30?/m0/s1. The van der Waals surface area contributed by atoms with Gasteiger partial charge in [-0.05, 0) is 43.5 Å². The van der Waals surface area contributed by atoms with Gasteiger partial charge >= 0.3 is 0 Å². The first-order chi connectivity index (χ1) is 18.8. The number of benzene rings is 2. The Balaban J connectivity index is 1.33. The average Bonchev–Trinajstić information content (AvgIpc) is 3.56. The maximum atomic E-state index is 14.7. The highest BCUT2D eigenvalue weighted by Crippen LogP contribution is 2.55. The fraction of sp³-hybridized carbons (Fsp3) is 0.433. The molecule has 4 aliphatic rings. The van der Waals surface area contributed by atoms with Gasteiger partial charge in [-0.3, -0.25) is 14.4 Å². The lowest BCUT2D eigenvalue weighted by Crippen LogP contribution is -2.56. The Bertz CT molecular complexity index is 1360. The van der Waals surface area contributed by atoms with Gasteiger partial charge in [0.2, 0.25) is 17.7 Å². The number of amides is 3. The Morgan fingerprint density at radius 2 is 1.90 bits per heavy atom. The van der Waals surface area contributed by atoms with Gasteiger partial charge in [0.1, 0.15) is 17.5 Å². The molecule has 1 spiro atoms. The van der Waals surface area contributed by atoms with Crippen LogP contribution in [0.4, 0.5) is 10.1 Å². The summed E-state index contributed by atoms with van der Waals surface area (Å²) < 4.78 is 21.1. The lowest BCUT2D eigenvalue weighted by molar-refractivity contribution is -0.142. The molecule has 2 aromatic carbocycles. The maximum Gasteiger partial charge on any atom is 0.246 e. The van der Waals surface area contributed by atoms with E-state index in [1.165, 1.54) is 11.0 Å². The highest BCUT2D eigenvalue weighted by molar-refractivity contribution is 6.31. The number of halogens is 2. The topological polar surface area (TPSA) is 87.7 Å². The van der Waals surface area contributed by atoms with Crippen LogP contribution in [0.1, 0.15) is 43.2 Å². The van der Waals surface area contributed by atoms with E-state index >= 15 is 0 Å². The number of hydrogen-bond donors (Lipinski definition) is 2. The lowest BCUT2D eigenvalue weighted by atomic mass is 9.74. The minimum Gasteiger partial charge on any atom is -0.359 e. The molecule has 2 saturated heterocycles. The first-order valence-electron chi connectivity index (χ1n) is 13.6. The molecule has 2 bridgehead atoms. The third-order valence-electron chi connectivity index (χ3n) is 8.61. The zero-order valence-electron chi connectivity index (χ0n) is 21.7. The number of ether oxygens (including phenoxy) is 1. The van der Waals surface area contributed by atoms with Crippen LogP contribution in [0, 0.1) is 24.6 Å². The van der Waals surface area contributed by atoms with Crippen LogP contribution in [0.2, 0.25) is 5.02 Å². The van der Waals surface area contributed by atoms with Crippen LogP contribution >= 0.6 is 11.6 Å². The predicted molar refractivity (Wildman–Crippen MR) is 144 cm³/mol. The summed E-state index contributed by atoms with van der Waals surface area (Å²) in [7, 11) is 0. The van der Waals surface area contributed by atoms with Gasteiger partial charge in [-0.1, -0.05) is 67.3 Å². The second-order valence-corrected chi connectivity index (χ2v) is 11.5. The number of rotatable bonds is 6. The van der Waals surface area contributed by atoms with Gasteiger partial charge in [-0.25, -0.2) is 4.39 Å². The normalized spacial score (nSPS) is 29.5. The van der Waals surface area contributed by atoms with Crippen molar-refractivity contribution >= 4 is 35.0 Å². The van der Waals surface area contributed by atoms with Crippen molar-refractivity contribution in [3.05, 3.63) is 76.6 Å². The molecule has 204 valence electrons. The van der Waals surface area contributed by atoms with Gasteiger partial charge in [-0.2, -0.15) is 0 Å². The Kier molecular flexibility index (Phi) is 6.71. The van der Waals surface area contributed by atoms with E-state index in [0.29, 0.717) is 16.3 Å². The molecule has 2 N–H and O–H groups in total. The molecule has 1 aliphatic carbocycles. The molecule has 0 aromatic heterocycles. The number of fused-ring (bicyclic) bond motifs is 1. The number of nitrogens with zero attached hydrogens (tertiary/aromatic N) is 1. The summed E-state index contributed by atoms with van der Waals surface area (Å²) in [4.78, 5) is 42.9. The quantitative estimate of drug-likeness (QED) is 0.517. The van der Waals surface area contributed by atoms with E-state index in [0.717, 1.165) is 37.7 Å². The maximum absolute atomic E-state index is 14.7. The molecule has 3 amide bonds. The van der Waals surface area contributed by atoms with Gasteiger partial charge in [0.05, 0.1) is 17.9 Å². The molecule has 3 unspecified atom stereocenters. The van der Waals surface area contributed by atoms with Crippen LogP contribution in [0.15, 0.2) is 54.6 Å². The monoisotopic (exact) mass is 551 g/mol. The average molecular weight is 552 g/mol. The van der Waals surface area contributed by atoms with Gasteiger partial charge in [0, 0.05) is 28.9 Å². The molecule has 1 saturated carbocycles. The van der Waals surface area contributed by atoms with E-state index < -0.39 is 41.3 Å². The number of carbonyl (C=O) groups is 3. The largest absolute Gasteiger partial charge is 0.359 e. The van der Waals surface area contributed by atoms with E-state index in [4.69, 9.17) is 16.3 Å². The molecular formula is C30H31ClFN3O4. The van der Waals surface area contributed by atoms with Crippen molar-refractivity contribution in [3.8, 4) is 0 Å². The smallest absolute Gasteiger partial charge is 0.246 e. The zero-order valence-corrected chi connectivity index (χ0v) is 22.4. The van der Waals surface area contributed by atoms with Crippen molar-refractivity contribution in [3.63, 3.8) is 0 Å². The van der Waals surface area contributed by atoms with E-state index in [1.54, 1.807) is 48.6 Å². The molecule has 3 heterocycles. The molecule has 3 fully saturated rings. The first-order valence-corrected chi connectivity index (χ1v) is 13.9. The SMILES string of the molecule is Cc1ccc(NC(=O)C2[C@@H]3C=CC4(O3)C(C(=O)NC3CCCCC3)N(Cc3ccccc3F)C(=O)[C@H]24)cc1Cl. The lowest BCUT2D eigenvalue weighted by Gasteiger charge is -2.34.